The maximum Gasteiger partial charge on any atom is 0.201 e. The van der Waals surface area contributed by atoms with Crippen molar-refractivity contribution in [3.8, 4) is 11.9 Å². The van der Waals surface area contributed by atoms with Gasteiger partial charge in [0.1, 0.15) is 0 Å². The Labute approximate surface area is 166 Å². The minimum atomic E-state index is 0.0245. The van der Waals surface area contributed by atoms with Gasteiger partial charge in [0.25, 0.3) is 0 Å². The van der Waals surface area contributed by atoms with Crippen molar-refractivity contribution < 1.29 is 4.74 Å². The molecule has 2 aromatic carbocycles. The lowest BCUT2D eigenvalue weighted by Gasteiger charge is -2.10. The summed E-state index contributed by atoms with van der Waals surface area (Å²) in [4.78, 5) is 1.18. The average molecular weight is 379 g/mol. The van der Waals surface area contributed by atoms with Crippen LogP contribution in [-0.4, -0.2) is 16.9 Å². The van der Waals surface area contributed by atoms with Crippen molar-refractivity contribution in [2.75, 3.05) is 7.11 Å². The Balaban J connectivity index is 1.46. The maximum absolute atomic E-state index is 9.43. The topological polar surface area (TPSA) is 38.0 Å². The van der Waals surface area contributed by atoms with E-state index in [-0.39, 0.29) is 5.25 Å². The van der Waals surface area contributed by atoms with Crippen LogP contribution in [0.4, 0.5) is 0 Å². The number of aryl methyl sites for hydroxylation is 2. The zero-order valence-corrected chi connectivity index (χ0v) is 16.8. The molecule has 3 nitrogen and oxygen atoms in total. The quantitative estimate of drug-likeness (QED) is 0.328. The van der Waals surface area contributed by atoms with E-state index < -0.39 is 0 Å². The van der Waals surface area contributed by atoms with E-state index in [1.165, 1.54) is 21.2 Å². The molecule has 1 unspecified atom stereocenters. The molecule has 140 valence electrons. The Morgan fingerprint density at radius 3 is 2.59 bits per heavy atom. The first-order chi connectivity index (χ1) is 13.2. The molecule has 1 atom stereocenters. The summed E-state index contributed by atoms with van der Waals surface area (Å²) >= 11 is 1.67. The number of benzene rings is 2. The van der Waals surface area contributed by atoms with Gasteiger partial charge in [-0.05, 0) is 38.0 Å². The van der Waals surface area contributed by atoms with E-state index in [1.54, 1.807) is 18.9 Å². The van der Waals surface area contributed by atoms with Crippen LogP contribution in [0, 0.1) is 18.3 Å². The molecular formula is C23H26N2OS. The van der Waals surface area contributed by atoms with E-state index in [4.69, 9.17) is 4.74 Å². The fourth-order valence-corrected chi connectivity index (χ4v) is 4.26. The molecule has 1 heterocycles. The van der Waals surface area contributed by atoms with Crippen molar-refractivity contribution in [2.24, 2.45) is 0 Å². The second-order valence-corrected chi connectivity index (χ2v) is 8.09. The third-order valence-corrected chi connectivity index (χ3v) is 5.92. The molecule has 3 rings (SSSR count). The minimum absolute atomic E-state index is 0.0245. The fraction of sp³-hybridized carbons (Fsp3) is 0.348. The number of rotatable bonds is 9. The van der Waals surface area contributed by atoms with E-state index in [2.05, 4.69) is 66.2 Å². The van der Waals surface area contributed by atoms with Gasteiger partial charge in [0.2, 0.25) is 5.88 Å². The van der Waals surface area contributed by atoms with E-state index in [0.29, 0.717) is 0 Å². The molecule has 0 saturated heterocycles. The Morgan fingerprint density at radius 2 is 1.85 bits per heavy atom. The summed E-state index contributed by atoms with van der Waals surface area (Å²) in [6.07, 6.45) is 6.37. The van der Waals surface area contributed by atoms with Gasteiger partial charge in [-0.15, -0.1) is 11.8 Å². The molecule has 0 saturated carbocycles. The molecule has 0 radical (unpaired) electrons. The normalized spacial score (nSPS) is 12.0. The maximum atomic E-state index is 9.43. The first-order valence-electron chi connectivity index (χ1n) is 9.46. The highest BCUT2D eigenvalue weighted by Crippen LogP contribution is 2.29. The van der Waals surface area contributed by atoms with Crippen LogP contribution in [-0.2, 0) is 6.54 Å². The molecule has 0 amide bonds. The van der Waals surface area contributed by atoms with Crippen LogP contribution < -0.4 is 4.74 Å². The van der Waals surface area contributed by atoms with E-state index >= 15 is 0 Å². The van der Waals surface area contributed by atoms with Crippen LogP contribution >= 0.6 is 11.8 Å². The number of aromatic nitrogens is 1. The predicted octanol–water partition coefficient (Wildman–Crippen LogP) is 6.20. The molecule has 0 N–H and O–H groups in total. The number of nitriles is 1. The number of methoxy groups -OCH3 is 1. The van der Waals surface area contributed by atoms with Gasteiger partial charge in [0.15, 0.2) is 0 Å². The summed E-state index contributed by atoms with van der Waals surface area (Å²) in [5.41, 5.74) is 1.25. The largest absolute Gasteiger partial charge is 0.482 e. The van der Waals surface area contributed by atoms with Gasteiger partial charge in [-0.1, -0.05) is 48.7 Å². The number of ether oxygens (including phenoxy) is 1. The van der Waals surface area contributed by atoms with Gasteiger partial charge in [-0.2, -0.15) is 5.26 Å². The van der Waals surface area contributed by atoms with Crippen molar-refractivity contribution in [1.29, 1.82) is 5.26 Å². The van der Waals surface area contributed by atoms with Crippen LogP contribution in [0.25, 0.3) is 10.8 Å². The second kappa shape index (κ2) is 9.53. The van der Waals surface area contributed by atoms with Gasteiger partial charge in [0, 0.05) is 28.4 Å². The Bertz CT molecular complexity index is 908. The van der Waals surface area contributed by atoms with Crippen molar-refractivity contribution in [3.05, 3.63) is 60.3 Å². The molecular weight excluding hydrogens is 352 g/mol. The number of thioether (sulfide) groups is 1. The second-order valence-electron chi connectivity index (χ2n) is 6.82. The average Bonchev–Trinajstić information content (AvgIpc) is 3.05. The summed E-state index contributed by atoms with van der Waals surface area (Å²) in [6.45, 7) is 3.03. The van der Waals surface area contributed by atoms with Crippen molar-refractivity contribution in [1.82, 2.24) is 4.57 Å². The predicted molar refractivity (Wildman–Crippen MR) is 113 cm³/mol. The minimum Gasteiger partial charge on any atom is -0.482 e. The highest BCUT2D eigenvalue weighted by Gasteiger charge is 2.11. The number of nitrogens with zero attached hydrogens (tertiary/aromatic N) is 2. The van der Waals surface area contributed by atoms with Gasteiger partial charge in [-0.25, -0.2) is 0 Å². The molecule has 0 spiro atoms. The van der Waals surface area contributed by atoms with Crippen molar-refractivity contribution in [2.45, 2.75) is 49.3 Å². The highest BCUT2D eigenvalue weighted by atomic mass is 32.2. The zero-order valence-electron chi connectivity index (χ0n) is 16.0. The standard InChI is InChI=1S/C23H26N2OS/c1-18-11-13-20(14-12-18)27-21(16-24)9-4-3-7-15-25-17-19-8-5-6-10-22(19)23(25)26-2/h5-6,8,10-14,17,21H,3-4,7,9,15H2,1-2H3. The molecule has 0 aliphatic heterocycles. The van der Waals surface area contributed by atoms with Crippen LogP contribution in [0.3, 0.4) is 0 Å². The monoisotopic (exact) mass is 378 g/mol. The van der Waals surface area contributed by atoms with Gasteiger partial charge < -0.3 is 9.30 Å². The highest BCUT2D eigenvalue weighted by molar-refractivity contribution is 8.00. The van der Waals surface area contributed by atoms with E-state index in [1.807, 2.05) is 6.07 Å². The number of hydrogen-bond acceptors (Lipinski definition) is 3. The van der Waals surface area contributed by atoms with E-state index in [0.717, 1.165) is 38.1 Å². The van der Waals surface area contributed by atoms with Crippen LogP contribution in [0.2, 0.25) is 0 Å². The summed E-state index contributed by atoms with van der Waals surface area (Å²) in [5.74, 6) is 0.940. The number of fused-ring (bicyclic) bond motifs is 1. The SMILES string of the molecule is COc1c2ccccc2cn1CCCCCC(C#N)Sc1ccc(C)cc1. The van der Waals surface area contributed by atoms with E-state index in [9.17, 15) is 5.26 Å². The molecule has 4 heteroatoms. The molecule has 0 aliphatic carbocycles. The Morgan fingerprint density at radius 1 is 1.07 bits per heavy atom. The fourth-order valence-electron chi connectivity index (χ4n) is 3.30. The van der Waals surface area contributed by atoms with Gasteiger partial charge >= 0.3 is 0 Å². The molecule has 0 fully saturated rings. The van der Waals surface area contributed by atoms with Gasteiger partial charge in [-0.3, -0.25) is 0 Å². The lowest BCUT2D eigenvalue weighted by Crippen LogP contribution is -2.01. The molecule has 1 aromatic heterocycles. The summed E-state index contributed by atoms with van der Waals surface area (Å²) in [7, 11) is 1.73. The van der Waals surface area contributed by atoms with Crippen LogP contribution in [0.1, 0.15) is 31.2 Å². The van der Waals surface area contributed by atoms with Crippen LogP contribution in [0.5, 0.6) is 5.88 Å². The lowest BCUT2D eigenvalue weighted by atomic mass is 10.1. The third-order valence-electron chi connectivity index (χ3n) is 4.75. The molecule has 27 heavy (non-hydrogen) atoms. The Kier molecular flexibility index (Phi) is 6.84. The zero-order chi connectivity index (χ0) is 19.1. The third kappa shape index (κ3) is 5.08. The van der Waals surface area contributed by atoms with Gasteiger partial charge in [0.05, 0.1) is 18.4 Å². The summed E-state index contributed by atoms with van der Waals surface area (Å²) < 4.78 is 7.80. The lowest BCUT2D eigenvalue weighted by molar-refractivity contribution is 0.373. The smallest absolute Gasteiger partial charge is 0.201 e. The molecule has 3 aromatic rings. The summed E-state index contributed by atoms with van der Waals surface area (Å²) in [6, 6.07) is 19.2. The van der Waals surface area contributed by atoms with Crippen molar-refractivity contribution >= 4 is 22.5 Å². The Hall–Kier alpha value is -2.38. The first kappa shape index (κ1) is 19.4. The molecule has 0 bridgehead atoms. The summed E-state index contributed by atoms with van der Waals surface area (Å²) in [5, 5.41) is 11.8. The number of unbranched alkanes of at least 4 members (excludes halogenated alkanes) is 2. The molecule has 0 aliphatic rings. The first-order valence-corrected chi connectivity index (χ1v) is 10.3. The van der Waals surface area contributed by atoms with Crippen molar-refractivity contribution in [3.63, 3.8) is 0 Å². The number of hydrogen-bond donors (Lipinski definition) is 0. The van der Waals surface area contributed by atoms with Crippen LogP contribution in [0.15, 0.2) is 59.6 Å².